The molecule has 0 radical (unpaired) electrons. The lowest BCUT2D eigenvalue weighted by molar-refractivity contribution is -0.121. The molecule has 0 bridgehead atoms. The summed E-state index contributed by atoms with van der Waals surface area (Å²) >= 11 is 0. The van der Waals surface area contributed by atoms with Crippen molar-refractivity contribution in [2.45, 2.75) is 51.2 Å². The first-order valence-electron chi connectivity index (χ1n) is 7.82. The molecule has 3 atom stereocenters. The van der Waals surface area contributed by atoms with Crippen LogP contribution in [0.3, 0.4) is 0 Å². The Morgan fingerprint density at radius 3 is 2.59 bits per heavy atom. The van der Waals surface area contributed by atoms with Crippen molar-refractivity contribution < 1.29 is 13.2 Å². The highest BCUT2D eigenvalue weighted by molar-refractivity contribution is 7.87. The van der Waals surface area contributed by atoms with Crippen LogP contribution in [0, 0.1) is 5.92 Å². The number of hydrogen-bond donors (Lipinski definition) is 1. The average molecular weight is 322 g/mol. The van der Waals surface area contributed by atoms with Gasteiger partial charge in [0.2, 0.25) is 0 Å². The van der Waals surface area contributed by atoms with Gasteiger partial charge in [0.1, 0.15) is 5.78 Å². The molecule has 6 heteroatoms. The molecule has 5 nitrogen and oxygen atoms in total. The molecule has 0 spiro atoms. The Bertz CT molecular complexity index is 645. The predicted octanol–water partition coefficient (Wildman–Crippen LogP) is 1.85. The van der Waals surface area contributed by atoms with Crippen LogP contribution in [0.2, 0.25) is 0 Å². The average Bonchev–Trinajstić information content (AvgIpc) is 2.50. The Balaban J connectivity index is 1.92. The summed E-state index contributed by atoms with van der Waals surface area (Å²) in [6, 6.07) is 8.97. The number of carbonyl (C=O) groups is 1. The smallest absolute Gasteiger partial charge is 0.280 e. The van der Waals surface area contributed by atoms with E-state index >= 15 is 0 Å². The van der Waals surface area contributed by atoms with Crippen molar-refractivity contribution in [1.82, 2.24) is 9.03 Å². The highest BCUT2D eigenvalue weighted by atomic mass is 32.2. The summed E-state index contributed by atoms with van der Waals surface area (Å²) < 4.78 is 29.4. The zero-order chi connectivity index (χ0) is 15.7. The molecule has 3 rings (SSSR count). The molecule has 1 aromatic rings. The predicted molar refractivity (Wildman–Crippen MR) is 84.3 cm³/mol. The Morgan fingerprint density at radius 2 is 1.91 bits per heavy atom. The van der Waals surface area contributed by atoms with Gasteiger partial charge in [-0.05, 0) is 31.2 Å². The fraction of sp³-hybridized carbons (Fsp3) is 0.562. The summed E-state index contributed by atoms with van der Waals surface area (Å²) in [4.78, 5) is 11.9. The lowest BCUT2D eigenvalue weighted by atomic mass is 9.78. The molecule has 1 aliphatic carbocycles. The van der Waals surface area contributed by atoms with Crippen molar-refractivity contribution >= 4 is 16.0 Å². The Morgan fingerprint density at radius 1 is 1.23 bits per heavy atom. The van der Waals surface area contributed by atoms with Crippen LogP contribution in [0.25, 0.3) is 0 Å². The van der Waals surface area contributed by atoms with Gasteiger partial charge < -0.3 is 0 Å². The highest BCUT2D eigenvalue weighted by Gasteiger charge is 2.47. The number of Topliss-reactive ketones (excluding diaryl/α,β-unsaturated/α-hetero) is 1. The van der Waals surface area contributed by atoms with E-state index in [1.807, 2.05) is 30.3 Å². The van der Waals surface area contributed by atoms with Gasteiger partial charge in [-0.2, -0.15) is 17.4 Å². The van der Waals surface area contributed by atoms with Crippen molar-refractivity contribution in [3.05, 3.63) is 35.9 Å². The molecule has 1 saturated carbocycles. The van der Waals surface area contributed by atoms with Gasteiger partial charge in [-0.1, -0.05) is 43.2 Å². The van der Waals surface area contributed by atoms with Crippen LogP contribution in [-0.4, -0.2) is 30.6 Å². The first kappa shape index (κ1) is 15.6. The molecule has 1 N–H and O–H groups in total. The van der Waals surface area contributed by atoms with E-state index in [0.29, 0.717) is 6.54 Å². The second kappa shape index (κ2) is 6.10. The number of nitrogens with zero attached hydrogens (tertiary/aromatic N) is 1. The molecular formula is C16H22N2O3S. The molecule has 0 amide bonds. The normalized spacial score (nSPS) is 31.4. The molecule has 1 aliphatic heterocycles. The third-order valence-electron chi connectivity index (χ3n) is 4.78. The summed E-state index contributed by atoms with van der Waals surface area (Å²) in [5.74, 6) is -0.00155. The minimum absolute atomic E-state index is 0.0749. The summed E-state index contributed by atoms with van der Waals surface area (Å²) in [5, 5.41) is 0. The third-order valence-corrected chi connectivity index (χ3v) is 6.35. The minimum atomic E-state index is -3.62. The molecule has 1 saturated heterocycles. The van der Waals surface area contributed by atoms with Crippen LogP contribution in [0.15, 0.2) is 30.3 Å². The number of benzene rings is 1. The van der Waals surface area contributed by atoms with E-state index in [-0.39, 0.29) is 17.7 Å². The summed E-state index contributed by atoms with van der Waals surface area (Å²) in [5.41, 5.74) is 0.971. The second-order valence-corrected chi connectivity index (χ2v) is 7.91. The monoisotopic (exact) mass is 322 g/mol. The molecule has 2 aliphatic rings. The van der Waals surface area contributed by atoms with Gasteiger partial charge >= 0.3 is 0 Å². The number of hydrogen-bond acceptors (Lipinski definition) is 3. The minimum Gasteiger partial charge on any atom is -0.298 e. The van der Waals surface area contributed by atoms with Gasteiger partial charge in [0, 0.05) is 12.6 Å². The van der Waals surface area contributed by atoms with Crippen LogP contribution in [0.5, 0.6) is 0 Å². The summed E-state index contributed by atoms with van der Waals surface area (Å²) in [6.07, 6.45) is 3.82. The summed E-state index contributed by atoms with van der Waals surface area (Å²) in [7, 11) is -3.62. The largest absolute Gasteiger partial charge is 0.298 e. The first-order valence-corrected chi connectivity index (χ1v) is 9.26. The molecule has 120 valence electrons. The first-order chi connectivity index (χ1) is 10.5. The van der Waals surface area contributed by atoms with Crippen molar-refractivity contribution in [2.75, 3.05) is 0 Å². The standard InChI is InChI=1S/C16H22N2O3S/c1-12(19)16-14-9-5-6-10-15(14)18(22(20,21)17-16)11-13-7-3-2-4-8-13/h2-4,7-8,14-17H,5-6,9-11H2,1H3/t14-,15+,16+/m0/s1. The lowest BCUT2D eigenvalue weighted by Crippen LogP contribution is -2.64. The second-order valence-electron chi connectivity index (χ2n) is 6.26. The molecule has 0 aromatic heterocycles. The molecule has 0 unspecified atom stereocenters. The van der Waals surface area contributed by atoms with Crippen molar-refractivity contribution in [1.29, 1.82) is 0 Å². The fourth-order valence-electron chi connectivity index (χ4n) is 3.73. The van der Waals surface area contributed by atoms with Crippen molar-refractivity contribution in [3.63, 3.8) is 0 Å². The van der Waals surface area contributed by atoms with Crippen LogP contribution in [0.4, 0.5) is 0 Å². The van der Waals surface area contributed by atoms with Gasteiger partial charge in [-0.3, -0.25) is 4.79 Å². The molecule has 2 fully saturated rings. The van der Waals surface area contributed by atoms with Crippen LogP contribution < -0.4 is 4.72 Å². The highest BCUT2D eigenvalue weighted by Crippen LogP contribution is 2.36. The van der Waals surface area contributed by atoms with E-state index in [1.54, 1.807) is 4.31 Å². The zero-order valence-electron chi connectivity index (χ0n) is 12.7. The number of nitrogens with one attached hydrogen (secondary N) is 1. The SMILES string of the molecule is CC(=O)[C@H]1NS(=O)(=O)N(Cc2ccccc2)[C@@H]2CCCC[C@H]12. The van der Waals surface area contributed by atoms with Gasteiger partial charge in [-0.25, -0.2) is 0 Å². The van der Waals surface area contributed by atoms with Crippen LogP contribution >= 0.6 is 0 Å². The third kappa shape index (κ3) is 2.95. The molecule has 1 aromatic carbocycles. The van der Waals surface area contributed by atoms with E-state index in [0.717, 1.165) is 31.2 Å². The topological polar surface area (TPSA) is 66.5 Å². The quantitative estimate of drug-likeness (QED) is 0.923. The lowest BCUT2D eigenvalue weighted by Gasteiger charge is -2.46. The Kier molecular flexibility index (Phi) is 4.34. The van der Waals surface area contributed by atoms with Gasteiger partial charge in [0.25, 0.3) is 10.2 Å². The van der Waals surface area contributed by atoms with Gasteiger partial charge in [0.15, 0.2) is 0 Å². The molecule has 1 heterocycles. The zero-order valence-corrected chi connectivity index (χ0v) is 13.6. The van der Waals surface area contributed by atoms with E-state index in [9.17, 15) is 13.2 Å². The number of rotatable bonds is 3. The molecule has 22 heavy (non-hydrogen) atoms. The summed E-state index contributed by atoms with van der Waals surface area (Å²) in [6.45, 7) is 1.84. The van der Waals surface area contributed by atoms with E-state index in [4.69, 9.17) is 0 Å². The number of fused-ring (bicyclic) bond motifs is 1. The Labute approximate surface area is 131 Å². The van der Waals surface area contributed by atoms with Gasteiger partial charge in [0.05, 0.1) is 6.04 Å². The molecular weight excluding hydrogens is 300 g/mol. The maximum absolute atomic E-state index is 12.6. The fourth-order valence-corrected chi connectivity index (χ4v) is 5.46. The van der Waals surface area contributed by atoms with E-state index < -0.39 is 16.3 Å². The number of ketones is 1. The van der Waals surface area contributed by atoms with Gasteiger partial charge in [-0.15, -0.1) is 0 Å². The van der Waals surface area contributed by atoms with Crippen LogP contribution in [0.1, 0.15) is 38.2 Å². The van der Waals surface area contributed by atoms with Crippen LogP contribution in [-0.2, 0) is 21.5 Å². The van der Waals surface area contributed by atoms with Crippen molar-refractivity contribution in [2.24, 2.45) is 5.92 Å². The Hall–Kier alpha value is -1.24. The maximum Gasteiger partial charge on any atom is 0.280 e. The number of carbonyl (C=O) groups excluding carboxylic acids is 1. The van der Waals surface area contributed by atoms with E-state index in [1.165, 1.54) is 6.92 Å². The van der Waals surface area contributed by atoms with E-state index in [2.05, 4.69) is 4.72 Å². The maximum atomic E-state index is 12.6. The van der Waals surface area contributed by atoms with Crippen molar-refractivity contribution in [3.8, 4) is 0 Å².